The lowest BCUT2D eigenvalue weighted by Gasteiger charge is -2.04. The number of carboxylic acid groups (broad SMARTS) is 1. The molecule has 0 amide bonds. The lowest BCUT2D eigenvalue weighted by molar-refractivity contribution is -0.139. The average molecular weight is 193 g/mol. The van der Waals surface area contributed by atoms with E-state index in [0.717, 1.165) is 4.88 Å². The van der Waals surface area contributed by atoms with Gasteiger partial charge in [-0.15, -0.1) is 11.3 Å². The summed E-state index contributed by atoms with van der Waals surface area (Å²) in [6.45, 7) is 0. The Morgan fingerprint density at radius 2 is 2.38 bits per heavy atom. The van der Waals surface area contributed by atoms with Crippen LogP contribution in [0.15, 0.2) is 11.4 Å². The molecule has 1 heterocycles. The van der Waals surface area contributed by atoms with Gasteiger partial charge < -0.3 is 5.11 Å². The SMILES string of the molecule is N#Cc1csc(C2(C(=O)O)CC2)c1. The molecule has 4 heteroatoms. The molecule has 1 fully saturated rings. The zero-order chi connectivity index (χ0) is 9.47. The molecule has 0 saturated heterocycles. The Morgan fingerprint density at radius 1 is 1.69 bits per heavy atom. The van der Waals surface area contributed by atoms with Crippen molar-refractivity contribution in [3.05, 3.63) is 21.9 Å². The van der Waals surface area contributed by atoms with Gasteiger partial charge in [-0.1, -0.05) is 0 Å². The van der Waals surface area contributed by atoms with Crippen LogP contribution >= 0.6 is 11.3 Å². The number of hydrogen-bond donors (Lipinski definition) is 1. The van der Waals surface area contributed by atoms with Crippen molar-refractivity contribution < 1.29 is 9.90 Å². The zero-order valence-electron chi connectivity index (χ0n) is 6.78. The molecule has 13 heavy (non-hydrogen) atoms. The van der Waals surface area contributed by atoms with E-state index in [1.807, 2.05) is 6.07 Å². The van der Waals surface area contributed by atoms with Gasteiger partial charge in [-0.25, -0.2) is 0 Å². The Kier molecular flexibility index (Phi) is 1.64. The largest absolute Gasteiger partial charge is 0.481 e. The summed E-state index contributed by atoms with van der Waals surface area (Å²) < 4.78 is 0. The third-order valence-electron chi connectivity index (χ3n) is 2.36. The first-order valence-corrected chi connectivity index (χ1v) is 4.79. The standard InChI is InChI=1S/C9H7NO2S/c10-4-6-3-7(13-5-6)9(1-2-9)8(11)12/h3,5H,1-2H2,(H,11,12). The number of nitrogens with zero attached hydrogens (tertiary/aromatic N) is 1. The third kappa shape index (κ3) is 1.12. The van der Waals surface area contributed by atoms with Crippen molar-refractivity contribution in [1.82, 2.24) is 0 Å². The summed E-state index contributed by atoms with van der Waals surface area (Å²) in [6, 6.07) is 3.69. The smallest absolute Gasteiger partial charge is 0.314 e. The highest BCUT2D eigenvalue weighted by molar-refractivity contribution is 7.10. The van der Waals surface area contributed by atoms with Crippen molar-refractivity contribution in [2.45, 2.75) is 18.3 Å². The number of nitriles is 1. The maximum Gasteiger partial charge on any atom is 0.314 e. The van der Waals surface area contributed by atoms with E-state index in [4.69, 9.17) is 10.4 Å². The van der Waals surface area contributed by atoms with Crippen LogP contribution in [0.1, 0.15) is 23.3 Å². The minimum absolute atomic E-state index is 0.563. The first kappa shape index (κ1) is 8.27. The zero-order valence-corrected chi connectivity index (χ0v) is 7.60. The van der Waals surface area contributed by atoms with Crippen LogP contribution in [0.2, 0.25) is 0 Å². The molecule has 1 aliphatic carbocycles. The first-order valence-electron chi connectivity index (χ1n) is 3.91. The van der Waals surface area contributed by atoms with Gasteiger partial charge in [0.1, 0.15) is 11.5 Å². The Balaban J connectivity index is 2.37. The van der Waals surface area contributed by atoms with Crippen LogP contribution in [-0.2, 0) is 10.2 Å². The van der Waals surface area contributed by atoms with Crippen LogP contribution in [0.3, 0.4) is 0 Å². The highest BCUT2D eigenvalue weighted by Gasteiger charge is 2.52. The van der Waals surface area contributed by atoms with Crippen LogP contribution < -0.4 is 0 Å². The van der Waals surface area contributed by atoms with E-state index < -0.39 is 11.4 Å². The van der Waals surface area contributed by atoms with Crippen molar-refractivity contribution in [3.8, 4) is 6.07 Å². The molecule has 0 aromatic carbocycles. The fourth-order valence-corrected chi connectivity index (χ4v) is 2.42. The molecule has 1 aromatic rings. The third-order valence-corrected chi connectivity index (χ3v) is 3.49. The Hall–Kier alpha value is -1.34. The number of carboxylic acids is 1. The summed E-state index contributed by atoms with van der Waals surface area (Å²) in [5.74, 6) is -0.765. The quantitative estimate of drug-likeness (QED) is 0.778. The van der Waals surface area contributed by atoms with E-state index in [-0.39, 0.29) is 0 Å². The van der Waals surface area contributed by atoms with Gasteiger partial charge in [-0.3, -0.25) is 4.79 Å². The predicted octanol–water partition coefficient (Wildman–Crippen LogP) is 1.74. The lowest BCUT2D eigenvalue weighted by atomic mass is 10.1. The van der Waals surface area contributed by atoms with Crippen LogP contribution in [0.25, 0.3) is 0 Å². The predicted molar refractivity (Wildman–Crippen MR) is 47.6 cm³/mol. The Morgan fingerprint density at radius 3 is 2.77 bits per heavy atom. The minimum atomic E-state index is -0.765. The second kappa shape index (κ2) is 2.57. The number of aliphatic carboxylic acids is 1. The molecule has 66 valence electrons. The van der Waals surface area contributed by atoms with E-state index >= 15 is 0 Å². The molecule has 1 aromatic heterocycles. The lowest BCUT2D eigenvalue weighted by Crippen LogP contribution is -2.17. The molecule has 0 unspecified atom stereocenters. The molecule has 0 radical (unpaired) electrons. The molecule has 0 bridgehead atoms. The number of thiophene rings is 1. The fourth-order valence-electron chi connectivity index (χ4n) is 1.34. The van der Waals surface area contributed by atoms with Gasteiger partial charge in [-0.05, 0) is 18.9 Å². The van der Waals surface area contributed by atoms with Gasteiger partial charge in [0.2, 0.25) is 0 Å². The van der Waals surface area contributed by atoms with Gasteiger partial charge in [0, 0.05) is 10.3 Å². The molecular weight excluding hydrogens is 186 g/mol. The summed E-state index contributed by atoms with van der Waals surface area (Å²) >= 11 is 1.37. The molecule has 0 spiro atoms. The van der Waals surface area contributed by atoms with Gasteiger partial charge in [0.15, 0.2) is 0 Å². The van der Waals surface area contributed by atoms with E-state index in [0.29, 0.717) is 18.4 Å². The van der Waals surface area contributed by atoms with Crippen molar-refractivity contribution in [1.29, 1.82) is 5.26 Å². The Bertz CT molecular complexity index is 398. The molecule has 0 aliphatic heterocycles. The number of rotatable bonds is 2. The average Bonchev–Trinajstić information content (AvgIpc) is 2.79. The number of carbonyl (C=O) groups is 1. The first-order chi connectivity index (χ1) is 6.19. The molecule has 3 nitrogen and oxygen atoms in total. The summed E-state index contributed by atoms with van der Waals surface area (Å²) in [5, 5.41) is 19.3. The maximum absolute atomic E-state index is 10.9. The van der Waals surface area contributed by atoms with E-state index in [9.17, 15) is 4.79 Å². The van der Waals surface area contributed by atoms with Crippen molar-refractivity contribution in [2.24, 2.45) is 0 Å². The normalized spacial score (nSPS) is 17.8. The topological polar surface area (TPSA) is 61.1 Å². The summed E-state index contributed by atoms with van der Waals surface area (Å²) in [7, 11) is 0. The minimum Gasteiger partial charge on any atom is -0.481 e. The molecule has 0 atom stereocenters. The Labute approximate surface area is 79.2 Å². The van der Waals surface area contributed by atoms with Gasteiger partial charge in [0.05, 0.1) is 5.56 Å². The number of hydrogen-bond acceptors (Lipinski definition) is 3. The summed E-state index contributed by atoms with van der Waals surface area (Å²) in [6.07, 6.45) is 1.40. The van der Waals surface area contributed by atoms with Crippen LogP contribution in [0.5, 0.6) is 0 Å². The summed E-state index contributed by atoms with van der Waals surface area (Å²) in [4.78, 5) is 11.7. The second-order valence-corrected chi connectivity index (χ2v) is 4.11. The van der Waals surface area contributed by atoms with Crippen LogP contribution in [-0.4, -0.2) is 11.1 Å². The highest BCUT2D eigenvalue weighted by Crippen LogP contribution is 2.50. The fraction of sp³-hybridized carbons (Fsp3) is 0.333. The van der Waals surface area contributed by atoms with Crippen molar-refractivity contribution in [2.75, 3.05) is 0 Å². The second-order valence-electron chi connectivity index (χ2n) is 3.20. The van der Waals surface area contributed by atoms with E-state index in [1.54, 1.807) is 11.4 Å². The van der Waals surface area contributed by atoms with Gasteiger partial charge in [-0.2, -0.15) is 5.26 Å². The van der Waals surface area contributed by atoms with Gasteiger partial charge in [0.25, 0.3) is 0 Å². The van der Waals surface area contributed by atoms with Crippen LogP contribution in [0.4, 0.5) is 0 Å². The molecule has 1 saturated carbocycles. The van der Waals surface area contributed by atoms with Crippen molar-refractivity contribution >= 4 is 17.3 Å². The molecule has 2 rings (SSSR count). The van der Waals surface area contributed by atoms with Crippen molar-refractivity contribution in [3.63, 3.8) is 0 Å². The van der Waals surface area contributed by atoms with Gasteiger partial charge >= 0.3 is 5.97 Å². The highest BCUT2D eigenvalue weighted by atomic mass is 32.1. The molecular formula is C9H7NO2S. The summed E-state index contributed by atoms with van der Waals surface area (Å²) in [5.41, 5.74) is -0.0905. The monoisotopic (exact) mass is 193 g/mol. The maximum atomic E-state index is 10.9. The molecule has 1 aliphatic rings. The molecule has 1 N–H and O–H groups in total. The van der Waals surface area contributed by atoms with E-state index in [2.05, 4.69) is 0 Å². The van der Waals surface area contributed by atoms with E-state index in [1.165, 1.54) is 11.3 Å². The van der Waals surface area contributed by atoms with Crippen LogP contribution in [0, 0.1) is 11.3 Å².